The van der Waals surface area contributed by atoms with Crippen molar-refractivity contribution in [3.63, 3.8) is 0 Å². The highest BCUT2D eigenvalue weighted by molar-refractivity contribution is 5.81. The molecule has 0 bridgehead atoms. The quantitative estimate of drug-likeness (QED) is 0.773. The summed E-state index contributed by atoms with van der Waals surface area (Å²) in [6, 6.07) is 0.0159. The van der Waals surface area contributed by atoms with Crippen LogP contribution in [0.25, 0.3) is 0 Å². The van der Waals surface area contributed by atoms with Crippen molar-refractivity contribution < 1.29 is 14.3 Å². The van der Waals surface area contributed by atoms with E-state index < -0.39 is 6.03 Å². The molecule has 0 aromatic rings. The topological polar surface area (TPSA) is 79.1 Å². The van der Waals surface area contributed by atoms with Crippen LogP contribution in [0.1, 0.15) is 19.8 Å². The Morgan fingerprint density at radius 1 is 1.04 bits per heavy atom. The van der Waals surface area contributed by atoms with Gasteiger partial charge in [0.05, 0.1) is 19.1 Å². The van der Waals surface area contributed by atoms with Gasteiger partial charge in [-0.05, 0) is 18.8 Å². The number of carbonyl (C=O) groups excluding carboxylic acids is 2. The van der Waals surface area contributed by atoms with Gasteiger partial charge in [-0.3, -0.25) is 9.69 Å². The van der Waals surface area contributed by atoms with Gasteiger partial charge in [-0.25, -0.2) is 4.79 Å². The van der Waals surface area contributed by atoms with E-state index in [-0.39, 0.29) is 11.8 Å². The van der Waals surface area contributed by atoms with Crippen molar-refractivity contribution in [2.45, 2.75) is 25.8 Å². The van der Waals surface area contributed by atoms with Gasteiger partial charge in [-0.1, -0.05) is 6.92 Å². The number of nitrogens with two attached hydrogens (primary N) is 1. The molecular weight excluding hydrogens is 296 g/mol. The molecule has 0 radical (unpaired) electrons. The number of amides is 3. The molecule has 7 heteroatoms. The number of morpholine rings is 1. The van der Waals surface area contributed by atoms with Crippen LogP contribution >= 0.6 is 0 Å². The van der Waals surface area contributed by atoms with Gasteiger partial charge in [0, 0.05) is 45.3 Å². The number of ether oxygens (including phenoxy) is 1. The van der Waals surface area contributed by atoms with Gasteiger partial charge in [-0.2, -0.15) is 0 Å². The second-order valence-electron chi connectivity index (χ2n) is 7.06. The number of urea groups is 1. The molecule has 23 heavy (non-hydrogen) atoms. The minimum atomic E-state index is -0.413. The van der Waals surface area contributed by atoms with Gasteiger partial charge in [0.1, 0.15) is 0 Å². The number of rotatable bonds is 2. The number of nitrogens with zero attached hydrogens (tertiary/aromatic N) is 3. The van der Waals surface area contributed by atoms with Crippen molar-refractivity contribution in [1.82, 2.24) is 14.7 Å². The van der Waals surface area contributed by atoms with Crippen LogP contribution in [-0.2, 0) is 9.53 Å². The van der Waals surface area contributed by atoms with Crippen LogP contribution in [0.3, 0.4) is 0 Å². The van der Waals surface area contributed by atoms with E-state index in [1.165, 1.54) is 0 Å². The van der Waals surface area contributed by atoms with Crippen molar-refractivity contribution in [3.05, 3.63) is 0 Å². The van der Waals surface area contributed by atoms with Crippen molar-refractivity contribution in [1.29, 1.82) is 0 Å². The summed E-state index contributed by atoms with van der Waals surface area (Å²) in [6.07, 6.45) is 1.71. The van der Waals surface area contributed by atoms with Crippen molar-refractivity contribution >= 4 is 11.9 Å². The highest BCUT2D eigenvalue weighted by Gasteiger charge is 2.39. The van der Waals surface area contributed by atoms with E-state index in [0.717, 1.165) is 52.2 Å². The molecule has 3 saturated heterocycles. The fraction of sp³-hybridized carbons (Fsp3) is 0.875. The first-order valence-electron chi connectivity index (χ1n) is 8.71. The van der Waals surface area contributed by atoms with E-state index in [2.05, 4.69) is 11.8 Å². The third-order valence-electron chi connectivity index (χ3n) is 5.48. The Bertz CT molecular complexity index is 453. The molecule has 3 aliphatic rings. The molecule has 130 valence electrons. The molecule has 0 saturated carbocycles. The Labute approximate surface area is 137 Å². The summed E-state index contributed by atoms with van der Waals surface area (Å²) in [5.74, 6) is 0.582. The first-order valence-corrected chi connectivity index (χ1v) is 8.71. The SMILES string of the molecule is C[C@@H]1CN(C(=O)[C@@H]2CCCN(C(N)=O)C2)C[C@H]1N1CCOCC1. The van der Waals surface area contributed by atoms with Gasteiger partial charge in [0.15, 0.2) is 0 Å². The Balaban J connectivity index is 1.58. The lowest BCUT2D eigenvalue weighted by Crippen LogP contribution is -2.49. The summed E-state index contributed by atoms with van der Waals surface area (Å²) < 4.78 is 5.43. The fourth-order valence-electron chi connectivity index (χ4n) is 4.15. The van der Waals surface area contributed by atoms with Gasteiger partial charge in [0.25, 0.3) is 0 Å². The summed E-state index contributed by atoms with van der Waals surface area (Å²) in [7, 11) is 0. The molecule has 3 atom stereocenters. The summed E-state index contributed by atoms with van der Waals surface area (Å²) in [6.45, 7) is 8.46. The molecule has 0 unspecified atom stereocenters. The maximum atomic E-state index is 12.8. The van der Waals surface area contributed by atoms with Gasteiger partial charge >= 0.3 is 6.03 Å². The molecule has 0 spiro atoms. The summed E-state index contributed by atoms with van der Waals surface area (Å²) in [5.41, 5.74) is 5.37. The smallest absolute Gasteiger partial charge is 0.314 e. The van der Waals surface area contributed by atoms with Crippen LogP contribution in [0, 0.1) is 11.8 Å². The van der Waals surface area contributed by atoms with Crippen LogP contribution in [0.4, 0.5) is 4.79 Å². The minimum Gasteiger partial charge on any atom is -0.379 e. The van der Waals surface area contributed by atoms with Gasteiger partial charge in [0.2, 0.25) is 5.91 Å². The number of hydrogen-bond donors (Lipinski definition) is 1. The number of likely N-dealkylation sites (tertiary alicyclic amines) is 2. The van der Waals surface area contributed by atoms with E-state index in [1.807, 2.05) is 4.90 Å². The Kier molecular flexibility index (Phi) is 5.06. The Hall–Kier alpha value is -1.34. The molecule has 0 aromatic heterocycles. The van der Waals surface area contributed by atoms with E-state index in [4.69, 9.17) is 10.5 Å². The fourth-order valence-corrected chi connectivity index (χ4v) is 4.15. The van der Waals surface area contributed by atoms with E-state index in [9.17, 15) is 9.59 Å². The second kappa shape index (κ2) is 7.05. The normalized spacial score (nSPS) is 33.0. The van der Waals surface area contributed by atoms with E-state index >= 15 is 0 Å². The van der Waals surface area contributed by atoms with Gasteiger partial charge in [-0.15, -0.1) is 0 Å². The van der Waals surface area contributed by atoms with Crippen LogP contribution in [0.2, 0.25) is 0 Å². The number of primary amides is 1. The van der Waals surface area contributed by atoms with Crippen LogP contribution in [0.5, 0.6) is 0 Å². The molecule has 3 aliphatic heterocycles. The predicted molar refractivity (Wildman–Crippen MR) is 85.8 cm³/mol. The first kappa shape index (κ1) is 16.5. The van der Waals surface area contributed by atoms with Gasteiger partial charge < -0.3 is 20.3 Å². The highest BCUT2D eigenvalue weighted by Crippen LogP contribution is 2.26. The van der Waals surface area contributed by atoms with Crippen LogP contribution in [0.15, 0.2) is 0 Å². The number of hydrogen-bond acceptors (Lipinski definition) is 4. The zero-order valence-electron chi connectivity index (χ0n) is 13.9. The minimum absolute atomic E-state index is 0.0908. The Morgan fingerprint density at radius 3 is 2.48 bits per heavy atom. The molecule has 3 fully saturated rings. The zero-order valence-corrected chi connectivity index (χ0v) is 13.9. The largest absolute Gasteiger partial charge is 0.379 e. The zero-order chi connectivity index (χ0) is 16.4. The molecule has 3 amide bonds. The van der Waals surface area contributed by atoms with Crippen molar-refractivity contribution in [2.24, 2.45) is 17.6 Å². The maximum Gasteiger partial charge on any atom is 0.314 e. The summed E-state index contributed by atoms with van der Waals surface area (Å²) >= 11 is 0. The number of carbonyl (C=O) groups is 2. The Morgan fingerprint density at radius 2 is 1.78 bits per heavy atom. The van der Waals surface area contributed by atoms with E-state index in [1.54, 1.807) is 4.90 Å². The lowest BCUT2D eigenvalue weighted by molar-refractivity contribution is -0.136. The molecule has 2 N–H and O–H groups in total. The first-order chi connectivity index (χ1) is 11.1. The summed E-state index contributed by atoms with van der Waals surface area (Å²) in [5, 5.41) is 0. The highest BCUT2D eigenvalue weighted by atomic mass is 16.5. The molecular formula is C16H28N4O3. The van der Waals surface area contributed by atoms with Crippen molar-refractivity contribution in [2.75, 3.05) is 52.5 Å². The third-order valence-corrected chi connectivity index (χ3v) is 5.48. The third kappa shape index (κ3) is 3.61. The van der Waals surface area contributed by atoms with E-state index in [0.29, 0.717) is 25.0 Å². The lowest BCUT2D eigenvalue weighted by atomic mass is 9.97. The predicted octanol–water partition coefficient (Wildman–Crippen LogP) is -0.0438. The second-order valence-corrected chi connectivity index (χ2v) is 7.06. The molecule has 0 aliphatic carbocycles. The average molecular weight is 324 g/mol. The molecule has 3 rings (SSSR count). The molecule has 0 aromatic carbocycles. The van der Waals surface area contributed by atoms with Crippen LogP contribution < -0.4 is 5.73 Å². The molecule has 3 heterocycles. The molecule has 7 nitrogen and oxygen atoms in total. The average Bonchev–Trinajstić information content (AvgIpc) is 2.97. The monoisotopic (exact) mass is 324 g/mol. The summed E-state index contributed by atoms with van der Waals surface area (Å²) in [4.78, 5) is 30.3. The van der Waals surface area contributed by atoms with Crippen LogP contribution in [-0.4, -0.2) is 85.2 Å². The lowest BCUT2D eigenvalue weighted by Gasteiger charge is -2.35. The standard InChI is InChI=1S/C16H28N4O3/c1-12-9-20(11-14(12)18-5-7-23-8-6-18)15(21)13-3-2-4-19(10-13)16(17)22/h12-14H,2-11H2,1H3,(H2,17,22)/t12-,13-,14-/m1/s1. The maximum absolute atomic E-state index is 12.8. The number of piperidine rings is 1. The van der Waals surface area contributed by atoms with Crippen molar-refractivity contribution in [3.8, 4) is 0 Å².